The third-order valence-electron chi connectivity index (χ3n) is 5.18. The number of rotatable bonds is 8. The number of fused-ring (bicyclic) bond motifs is 1. The highest BCUT2D eigenvalue weighted by molar-refractivity contribution is 6.32. The Labute approximate surface area is 197 Å². The van der Waals surface area contributed by atoms with E-state index in [1.54, 1.807) is 37.8 Å². The summed E-state index contributed by atoms with van der Waals surface area (Å²) in [7, 11) is 1.67. The minimum Gasteiger partial charge on any atom is -0.492 e. The Morgan fingerprint density at radius 3 is 2.76 bits per heavy atom. The van der Waals surface area contributed by atoms with Gasteiger partial charge in [0, 0.05) is 44.0 Å². The summed E-state index contributed by atoms with van der Waals surface area (Å²) >= 11 is 6.19. The Morgan fingerprint density at radius 2 is 1.94 bits per heavy atom. The molecular weight excluding hydrogens is 438 g/mol. The Morgan fingerprint density at radius 1 is 1.09 bits per heavy atom. The normalized spacial score (nSPS) is 10.8. The van der Waals surface area contributed by atoms with Crippen molar-refractivity contribution < 1.29 is 9.53 Å². The summed E-state index contributed by atoms with van der Waals surface area (Å²) in [5.74, 6) is 1.08. The van der Waals surface area contributed by atoms with Crippen LogP contribution in [0.25, 0.3) is 10.9 Å². The second-order valence-corrected chi connectivity index (χ2v) is 7.73. The largest absolute Gasteiger partial charge is 0.492 e. The van der Waals surface area contributed by atoms with E-state index >= 15 is 0 Å². The predicted molar refractivity (Wildman–Crippen MR) is 131 cm³/mol. The Bertz CT molecular complexity index is 1280. The molecule has 0 bridgehead atoms. The molecule has 3 heterocycles. The van der Waals surface area contributed by atoms with Gasteiger partial charge in [-0.25, -0.2) is 9.97 Å². The maximum Gasteiger partial charge on any atom is 0.261 e. The van der Waals surface area contributed by atoms with Crippen molar-refractivity contribution in [1.82, 2.24) is 15.0 Å². The first-order chi connectivity index (χ1) is 16.1. The van der Waals surface area contributed by atoms with Crippen molar-refractivity contribution in [3.8, 4) is 5.75 Å². The number of hydrogen-bond acceptors (Lipinski definition) is 6. The second kappa shape index (κ2) is 10.3. The molecule has 0 saturated heterocycles. The Balaban J connectivity index is 1.53. The first-order valence-electron chi connectivity index (χ1n) is 10.7. The molecule has 7 nitrogen and oxygen atoms in total. The summed E-state index contributed by atoms with van der Waals surface area (Å²) in [6.45, 7) is 3.04. The second-order valence-electron chi connectivity index (χ2n) is 7.37. The van der Waals surface area contributed by atoms with Crippen LogP contribution in [0.1, 0.15) is 22.8 Å². The molecule has 8 heteroatoms. The van der Waals surface area contributed by atoms with Gasteiger partial charge in [-0.3, -0.25) is 9.78 Å². The number of aromatic nitrogens is 3. The lowest BCUT2D eigenvalue weighted by Crippen LogP contribution is -2.28. The smallest absolute Gasteiger partial charge is 0.261 e. The van der Waals surface area contributed by atoms with E-state index in [0.29, 0.717) is 36.6 Å². The van der Waals surface area contributed by atoms with Crippen LogP contribution in [0.15, 0.2) is 67.1 Å². The molecule has 0 unspecified atom stereocenters. The van der Waals surface area contributed by atoms with Crippen LogP contribution in [0.5, 0.6) is 5.75 Å². The number of halogens is 1. The third kappa shape index (κ3) is 5.04. The number of ether oxygens (including phenoxy) is 1. The van der Waals surface area contributed by atoms with Gasteiger partial charge in [0.25, 0.3) is 5.91 Å². The standard InChI is InChI=1S/C25H24ClN5O2/c1-3-27-24-19(25(32)31(2)21-9-6-12-29-23(21)26)15-17(16-30-24)11-14-33-22-10-13-28-20-8-5-4-7-18(20)22/h4-10,12-13,15-16H,3,11,14H2,1-2H3,(H,27,30). The van der Waals surface area contributed by atoms with Gasteiger partial charge in [-0.15, -0.1) is 0 Å². The van der Waals surface area contributed by atoms with E-state index in [2.05, 4.69) is 20.3 Å². The number of hydrogen-bond donors (Lipinski definition) is 1. The van der Waals surface area contributed by atoms with Gasteiger partial charge in [0.2, 0.25) is 0 Å². The first-order valence-corrected chi connectivity index (χ1v) is 11.0. The maximum absolute atomic E-state index is 13.3. The number of pyridine rings is 3. The fraction of sp³-hybridized carbons (Fsp3) is 0.200. The van der Waals surface area contributed by atoms with Crippen molar-refractivity contribution in [1.29, 1.82) is 0 Å². The highest BCUT2D eigenvalue weighted by atomic mass is 35.5. The zero-order chi connectivity index (χ0) is 23.2. The summed E-state index contributed by atoms with van der Waals surface area (Å²) in [4.78, 5) is 27.7. The van der Waals surface area contributed by atoms with Gasteiger partial charge < -0.3 is 15.0 Å². The van der Waals surface area contributed by atoms with Crippen LogP contribution in [0.2, 0.25) is 5.15 Å². The number of benzene rings is 1. The fourth-order valence-corrected chi connectivity index (χ4v) is 3.75. The summed E-state index contributed by atoms with van der Waals surface area (Å²) in [5, 5.41) is 4.39. The van der Waals surface area contributed by atoms with E-state index in [-0.39, 0.29) is 11.1 Å². The first kappa shape index (κ1) is 22.5. The minimum absolute atomic E-state index is 0.226. The number of para-hydroxylation sites is 1. The van der Waals surface area contributed by atoms with E-state index in [9.17, 15) is 4.79 Å². The molecule has 33 heavy (non-hydrogen) atoms. The fourth-order valence-electron chi connectivity index (χ4n) is 3.51. The maximum atomic E-state index is 13.3. The van der Waals surface area contributed by atoms with Crippen LogP contribution in [-0.2, 0) is 6.42 Å². The molecule has 1 N–H and O–H groups in total. The minimum atomic E-state index is -0.226. The SMILES string of the molecule is CCNc1ncc(CCOc2ccnc3ccccc23)cc1C(=O)N(C)c1cccnc1Cl. The number of anilines is 2. The van der Waals surface area contributed by atoms with Crippen LogP contribution < -0.4 is 15.0 Å². The summed E-state index contributed by atoms with van der Waals surface area (Å²) < 4.78 is 6.03. The molecule has 0 saturated carbocycles. The zero-order valence-corrected chi connectivity index (χ0v) is 19.2. The quantitative estimate of drug-likeness (QED) is 0.371. The average Bonchev–Trinajstić information content (AvgIpc) is 2.84. The lowest BCUT2D eigenvalue weighted by molar-refractivity contribution is 0.0993. The van der Waals surface area contributed by atoms with Crippen molar-refractivity contribution in [2.75, 3.05) is 30.4 Å². The molecule has 0 radical (unpaired) electrons. The molecule has 1 aromatic carbocycles. The lowest BCUT2D eigenvalue weighted by atomic mass is 10.1. The van der Waals surface area contributed by atoms with Gasteiger partial charge >= 0.3 is 0 Å². The number of carbonyl (C=O) groups is 1. The summed E-state index contributed by atoms with van der Waals surface area (Å²) in [6, 6.07) is 15.1. The molecule has 0 spiro atoms. The molecule has 0 atom stereocenters. The van der Waals surface area contributed by atoms with E-state index in [1.807, 2.05) is 43.3 Å². The highest BCUT2D eigenvalue weighted by Gasteiger charge is 2.21. The van der Waals surface area contributed by atoms with Crippen molar-refractivity contribution in [2.24, 2.45) is 0 Å². The van der Waals surface area contributed by atoms with Crippen LogP contribution >= 0.6 is 11.6 Å². The van der Waals surface area contributed by atoms with Gasteiger partial charge in [-0.2, -0.15) is 0 Å². The van der Waals surface area contributed by atoms with Crippen LogP contribution in [-0.4, -0.2) is 41.1 Å². The van der Waals surface area contributed by atoms with Crippen molar-refractivity contribution in [3.05, 3.63) is 83.4 Å². The average molecular weight is 462 g/mol. The van der Waals surface area contributed by atoms with Gasteiger partial charge in [-0.1, -0.05) is 23.7 Å². The molecule has 4 rings (SSSR count). The van der Waals surface area contributed by atoms with E-state index < -0.39 is 0 Å². The summed E-state index contributed by atoms with van der Waals surface area (Å²) in [5.41, 5.74) is 2.77. The number of amides is 1. The lowest BCUT2D eigenvalue weighted by Gasteiger charge is -2.20. The molecule has 0 aliphatic heterocycles. The van der Waals surface area contributed by atoms with Gasteiger partial charge in [-0.05, 0) is 48.9 Å². The van der Waals surface area contributed by atoms with Crippen molar-refractivity contribution >= 4 is 39.9 Å². The van der Waals surface area contributed by atoms with E-state index in [0.717, 1.165) is 22.2 Å². The molecule has 4 aromatic rings. The molecule has 168 valence electrons. The topological polar surface area (TPSA) is 80.2 Å². The molecule has 0 aliphatic carbocycles. The third-order valence-corrected chi connectivity index (χ3v) is 5.47. The molecule has 0 aliphatic rings. The highest BCUT2D eigenvalue weighted by Crippen LogP contribution is 2.26. The van der Waals surface area contributed by atoms with E-state index in [4.69, 9.17) is 16.3 Å². The molecule has 1 amide bonds. The van der Waals surface area contributed by atoms with Crippen LogP contribution in [0, 0.1) is 0 Å². The van der Waals surface area contributed by atoms with Crippen LogP contribution in [0.3, 0.4) is 0 Å². The van der Waals surface area contributed by atoms with Gasteiger partial charge in [0.15, 0.2) is 5.15 Å². The van der Waals surface area contributed by atoms with Gasteiger partial charge in [0.05, 0.1) is 23.4 Å². The zero-order valence-electron chi connectivity index (χ0n) is 18.5. The Hall–Kier alpha value is -3.71. The van der Waals surface area contributed by atoms with Crippen molar-refractivity contribution in [2.45, 2.75) is 13.3 Å². The number of nitrogens with one attached hydrogen (secondary N) is 1. The van der Waals surface area contributed by atoms with Gasteiger partial charge in [0.1, 0.15) is 11.6 Å². The molecular formula is C25H24ClN5O2. The Kier molecular flexibility index (Phi) is 7.00. The summed E-state index contributed by atoms with van der Waals surface area (Å²) in [6.07, 6.45) is 5.68. The predicted octanol–water partition coefficient (Wildman–Crippen LogP) is 5.01. The monoisotopic (exact) mass is 461 g/mol. The molecule has 3 aromatic heterocycles. The van der Waals surface area contributed by atoms with E-state index in [1.165, 1.54) is 4.90 Å². The van der Waals surface area contributed by atoms with Crippen molar-refractivity contribution in [3.63, 3.8) is 0 Å². The number of carbonyl (C=O) groups excluding carboxylic acids is 1. The number of nitrogens with zero attached hydrogens (tertiary/aromatic N) is 4. The van der Waals surface area contributed by atoms with Crippen LogP contribution in [0.4, 0.5) is 11.5 Å². The molecule has 0 fully saturated rings.